The van der Waals surface area contributed by atoms with Crippen molar-refractivity contribution in [1.82, 2.24) is 0 Å². The van der Waals surface area contributed by atoms with Crippen molar-refractivity contribution in [3.63, 3.8) is 0 Å². The van der Waals surface area contributed by atoms with Crippen molar-refractivity contribution in [3.05, 3.63) is 29.8 Å². The molecule has 0 aromatic heterocycles. The summed E-state index contributed by atoms with van der Waals surface area (Å²) in [5.41, 5.74) is 0.601. The summed E-state index contributed by atoms with van der Waals surface area (Å²) >= 11 is 0. The van der Waals surface area contributed by atoms with Crippen LogP contribution in [0.3, 0.4) is 0 Å². The molecule has 0 heterocycles. The summed E-state index contributed by atoms with van der Waals surface area (Å²) in [7, 11) is 0. The van der Waals surface area contributed by atoms with E-state index >= 15 is 0 Å². The first-order valence-electron chi connectivity index (χ1n) is 4.86. The van der Waals surface area contributed by atoms with Gasteiger partial charge < -0.3 is 4.74 Å². The zero-order valence-corrected chi connectivity index (χ0v) is 8.44. The maximum Gasteiger partial charge on any atom is 0.120 e. The number of benzene rings is 1. The van der Waals surface area contributed by atoms with Crippen LogP contribution in [-0.2, 0) is 0 Å². The molecule has 15 heavy (non-hydrogen) atoms. The number of ether oxygens (including phenoxy) is 1. The Morgan fingerprint density at radius 3 is 2.80 bits per heavy atom. The third kappa shape index (κ3) is 4.15. The summed E-state index contributed by atoms with van der Waals surface area (Å²) in [5.74, 6) is 0.714. The van der Waals surface area contributed by atoms with Crippen molar-refractivity contribution in [2.24, 2.45) is 0 Å². The molecule has 1 aromatic carbocycles. The molecule has 1 aromatic rings. The maximum atomic E-state index is 8.66. The lowest BCUT2D eigenvalue weighted by Gasteiger charge is -2.04. The Hall–Kier alpha value is -2.00. The highest BCUT2D eigenvalue weighted by atomic mass is 16.5. The molecule has 0 saturated carbocycles. The summed E-state index contributed by atoms with van der Waals surface area (Å²) in [6.45, 7) is 0.594. The third-order valence-corrected chi connectivity index (χ3v) is 1.91. The Balaban J connectivity index is 2.32. The van der Waals surface area contributed by atoms with Crippen molar-refractivity contribution >= 4 is 0 Å². The van der Waals surface area contributed by atoms with E-state index in [0.717, 1.165) is 12.8 Å². The summed E-state index contributed by atoms with van der Waals surface area (Å²) in [6.07, 6.45) is 2.29. The Morgan fingerprint density at radius 1 is 1.20 bits per heavy atom. The van der Waals surface area contributed by atoms with Gasteiger partial charge in [-0.25, -0.2) is 0 Å². The Kier molecular flexibility index (Phi) is 4.77. The van der Waals surface area contributed by atoms with E-state index in [1.165, 1.54) is 0 Å². The Morgan fingerprint density at radius 2 is 2.07 bits per heavy atom. The van der Waals surface area contributed by atoms with Crippen LogP contribution in [-0.4, -0.2) is 6.61 Å². The van der Waals surface area contributed by atoms with Gasteiger partial charge in [0.25, 0.3) is 0 Å². The molecule has 0 N–H and O–H groups in total. The topological polar surface area (TPSA) is 56.8 Å². The van der Waals surface area contributed by atoms with Crippen LogP contribution in [0.1, 0.15) is 24.8 Å². The molecule has 76 valence electrons. The molecule has 0 aliphatic heterocycles. The number of nitrogens with zero attached hydrogens (tertiary/aromatic N) is 2. The van der Waals surface area contributed by atoms with Gasteiger partial charge in [0.15, 0.2) is 0 Å². The number of hydrogen-bond acceptors (Lipinski definition) is 3. The number of nitriles is 2. The lowest BCUT2D eigenvalue weighted by Crippen LogP contribution is -1.97. The van der Waals surface area contributed by atoms with Gasteiger partial charge >= 0.3 is 0 Å². The van der Waals surface area contributed by atoms with Gasteiger partial charge in [0, 0.05) is 6.42 Å². The predicted octanol–water partition coefficient (Wildman–Crippen LogP) is 2.63. The molecule has 3 nitrogen and oxygen atoms in total. The lowest BCUT2D eigenvalue weighted by molar-refractivity contribution is 0.307. The van der Waals surface area contributed by atoms with E-state index in [1.807, 2.05) is 6.07 Å². The first-order valence-corrected chi connectivity index (χ1v) is 4.86. The van der Waals surface area contributed by atoms with Crippen molar-refractivity contribution < 1.29 is 4.74 Å². The second-order valence-corrected chi connectivity index (χ2v) is 3.10. The van der Waals surface area contributed by atoms with Crippen molar-refractivity contribution in [2.45, 2.75) is 19.3 Å². The Bertz CT molecular complexity index is 387. The Labute approximate surface area is 89.5 Å². The average molecular weight is 200 g/mol. The van der Waals surface area contributed by atoms with E-state index in [1.54, 1.807) is 18.2 Å². The van der Waals surface area contributed by atoms with Crippen molar-refractivity contribution in [3.8, 4) is 17.9 Å². The van der Waals surface area contributed by atoms with Crippen molar-refractivity contribution in [1.29, 1.82) is 10.5 Å². The van der Waals surface area contributed by atoms with E-state index in [4.69, 9.17) is 15.3 Å². The van der Waals surface area contributed by atoms with Gasteiger partial charge in [0.2, 0.25) is 0 Å². The molecule has 1 rings (SSSR count). The van der Waals surface area contributed by atoms with Gasteiger partial charge in [-0.3, -0.25) is 0 Å². The lowest BCUT2D eigenvalue weighted by atomic mass is 10.2. The quantitative estimate of drug-likeness (QED) is 0.686. The van der Waals surface area contributed by atoms with Crippen LogP contribution in [0.5, 0.6) is 5.75 Å². The van der Waals surface area contributed by atoms with E-state index in [-0.39, 0.29) is 0 Å². The van der Waals surface area contributed by atoms with Crippen LogP contribution in [0, 0.1) is 22.7 Å². The monoisotopic (exact) mass is 200 g/mol. The minimum absolute atomic E-state index is 0.571. The molecule has 0 amide bonds. The van der Waals surface area contributed by atoms with Gasteiger partial charge in [-0.05, 0) is 31.0 Å². The fourth-order valence-corrected chi connectivity index (χ4v) is 1.15. The third-order valence-electron chi connectivity index (χ3n) is 1.91. The number of hydrogen-bond donors (Lipinski definition) is 0. The van der Waals surface area contributed by atoms with Gasteiger partial charge in [-0.1, -0.05) is 6.07 Å². The molecule has 0 spiro atoms. The molecule has 0 aliphatic rings. The predicted molar refractivity (Wildman–Crippen MR) is 56.1 cm³/mol. The first kappa shape index (κ1) is 11.1. The smallest absolute Gasteiger partial charge is 0.120 e. The van der Waals surface area contributed by atoms with Crippen LogP contribution in [0.15, 0.2) is 24.3 Å². The highest BCUT2D eigenvalue weighted by molar-refractivity contribution is 5.36. The van der Waals surface area contributed by atoms with E-state index in [9.17, 15) is 0 Å². The van der Waals surface area contributed by atoms with Gasteiger partial charge in [-0.2, -0.15) is 10.5 Å². The highest BCUT2D eigenvalue weighted by Crippen LogP contribution is 2.12. The summed E-state index contributed by atoms with van der Waals surface area (Å²) in [6, 6.07) is 11.2. The molecule has 0 atom stereocenters. The summed E-state index contributed by atoms with van der Waals surface area (Å²) < 4.78 is 5.43. The fourth-order valence-electron chi connectivity index (χ4n) is 1.15. The van der Waals surface area contributed by atoms with Crippen LogP contribution in [0.25, 0.3) is 0 Å². The van der Waals surface area contributed by atoms with Gasteiger partial charge in [0.05, 0.1) is 24.3 Å². The first-order chi connectivity index (χ1) is 7.36. The second kappa shape index (κ2) is 6.45. The molecule has 0 aliphatic carbocycles. The molecule has 3 heteroatoms. The second-order valence-electron chi connectivity index (χ2n) is 3.10. The summed E-state index contributed by atoms with van der Waals surface area (Å²) in [5, 5.41) is 17.0. The maximum absolute atomic E-state index is 8.66. The van der Waals surface area contributed by atoms with Gasteiger partial charge in [-0.15, -0.1) is 0 Å². The fraction of sp³-hybridized carbons (Fsp3) is 0.333. The molecule has 0 bridgehead atoms. The molecule has 0 saturated heterocycles. The molecule has 0 radical (unpaired) electrons. The molecular weight excluding hydrogens is 188 g/mol. The summed E-state index contributed by atoms with van der Waals surface area (Å²) in [4.78, 5) is 0. The standard InChI is InChI=1S/C12H12N2O/c13-7-2-1-3-8-15-12-6-4-5-11(9-12)10-14/h4-6,9H,1-3,8H2. The van der Waals surface area contributed by atoms with Crippen LogP contribution >= 0.6 is 0 Å². The minimum Gasteiger partial charge on any atom is -0.494 e. The highest BCUT2D eigenvalue weighted by Gasteiger charge is 1.95. The number of rotatable bonds is 5. The van der Waals surface area contributed by atoms with Crippen LogP contribution < -0.4 is 4.74 Å². The van der Waals surface area contributed by atoms with Crippen LogP contribution in [0.2, 0.25) is 0 Å². The van der Waals surface area contributed by atoms with Crippen molar-refractivity contribution in [2.75, 3.05) is 6.61 Å². The average Bonchev–Trinajstić information content (AvgIpc) is 2.29. The minimum atomic E-state index is 0.571. The van der Waals surface area contributed by atoms with Gasteiger partial charge in [0.1, 0.15) is 5.75 Å². The normalized spacial score (nSPS) is 8.93. The zero-order chi connectivity index (χ0) is 10.9. The molecule has 0 unspecified atom stereocenters. The number of unbranched alkanes of at least 4 members (excludes halogenated alkanes) is 2. The van der Waals surface area contributed by atoms with E-state index in [0.29, 0.717) is 24.3 Å². The van der Waals surface area contributed by atoms with E-state index < -0.39 is 0 Å². The van der Waals surface area contributed by atoms with E-state index in [2.05, 4.69) is 12.1 Å². The largest absolute Gasteiger partial charge is 0.494 e. The SMILES string of the molecule is N#CCCCCOc1cccc(C#N)c1. The van der Waals surface area contributed by atoms with Crippen LogP contribution in [0.4, 0.5) is 0 Å². The molecular formula is C12H12N2O. The molecule has 0 fully saturated rings. The zero-order valence-electron chi connectivity index (χ0n) is 8.44.